The van der Waals surface area contributed by atoms with Crippen molar-refractivity contribution in [1.29, 1.82) is 0 Å². The molecular formula is C22H16Cl2N2O2S. The van der Waals surface area contributed by atoms with Gasteiger partial charge in [-0.15, -0.1) is 0 Å². The van der Waals surface area contributed by atoms with E-state index in [-0.39, 0.29) is 5.91 Å². The quantitative estimate of drug-likeness (QED) is 0.456. The van der Waals surface area contributed by atoms with Gasteiger partial charge < -0.3 is 9.73 Å². The van der Waals surface area contributed by atoms with Crippen LogP contribution in [0.15, 0.2) is 68.9 Å². The molecule has 0 atom stereocenters. The van der Waals surface area contributed by atoms with E-state index in [0.29, 0.717) is 37.2 Å². The number of para-hydroxylation sites is 1. The molecule has 0 spiro atoms. The number of halogens is 2. The standard InChI is InChI=1S/C22H16Cl2N2O2S/c1-2-13-6-3-4-9-17(13)25-22-26-21(27)19(29-22)12-14-10-11-18(28-14)20-15(23)7-5-8-16(20)24/h3-12H,2H2,1H3,(H,25,26,27)/b19-12+. The van der Waals surface area contributed by atoms with Crippen molar-refractivity contribution in [3.63, 3.8) is 0 Å². The number of aryl methyl sites for hydroxylation is 1. The zero-order valence-corrected chi connectivity index (χ0v) is 17.7. The lowest BCUT2D eigenvalue weighted by molar-refractivity contribution is -0.115. The molecule has 0 radical (unpaired) electrons. The molecule has 0 unspecified atom stereocenters. The predicted octanol–water partition coefficient (Wildman–Crippen LogP) is 6.71. The molecule has 2 aromatic carbocycles. The highest BCUT2D eigenvalue weighted by atomic mass is 35.5. The summed E-state index contributed by atoms with van der Waals surface area (Å²) in [5.74, 6) is 0.863. The Bertz CT molecular complexity index is 1130. The molecule has 1 aliphatic heterocycles. The van der Waals surface area contributed by atoms with Gasteiger partial charge in [0.2, 0.25) is 0 Å². The summed E-state index contributed by atoms with van der Waals surface area (Å²) in [7, 11) is 0. The van der Waals surface area contributed by atoms with Crippen LogP contribution in [0, 0.1) is 0 Å². The molecule has 0 bridgehead atoms. The number of amides is 1. The monoisotopic (exact) mass is 442 g/mol. The van der Waals surface area contributed by atoms with Crippen LogP contribution >= 0.6 is 35.0 Å². The summed E-state index contributed by atoms with van der Waals surface area (Å²) in [5, 5.41) is 4.35. The Morgan fingerprint density at radius 1 is 1.07 bits per heavy atom. The number of benzene rings is 2. The lowest BCUT2D eigenvalue weighted by Gasteiger charge is -2.02. The number of hydrogen-bond donors (Lipinski definition) is 1. The summed E-state index contributed by atoms with van der Waals surface area (Å²) >= 11 is 13.8. The summed E-state index contributed by atoms with van der Waals surface area (Å²) in [4.78, 5) is 17.4. The number of thioether (sulfide) groups is 1. The van der Waals surface area contributed by atoms with Crippen molar-refractivity contribution < 1.29 is 9.21 Å². The molecule has 0 saturated carbocycles. The third-order valence-corrected chi connectivity index (χ3v) is 5.89. The average molecular weight is 443 g/mol. The van der Waals surface area contributed by atoms with Gasteiger partial charge in [-0.05, 0) is 54.1 Å². The SMILES string of the molecule is CCc1ccccc1N=C1NC(=O)/C(=C\c2ccc(-c3c(Cl)cccc3Cl)o2)S1. The van der Waals surface area contributed by atoms with Gasteiger partial charge in [0.15, 0.2) is 5.17 Å². The van der Waals surface area contributed by atoms with Gasteiger partial charge in [0.1, 0.15) is 11.5 Å². The molecule has 1 amide bonds. The van der Waals surface area contributed by atoms with E-state index >= 15 is 0 Å². The first-order valence-electron chi connectivity index (χ1n) is 8.97. The normalized spacial score (nSPS) is 16.6. The third kappa shape index (κ3) is 4.27. The van der Waals surface area contributed by atoms with Crippen molar-refractivity contribution in [2.24, 2.45) is 4.99 Å². The molecule has 1 aromatic heterocycles. The number of carbonyl (C=O) groups excluding carboxylic acids is 1. The van der Waals surface area contributed by atoms with Gasteiger partial charge in [-0.25, -0.2) is 4.99 Å². The van der Waals surface area contributed by atoms with Crippen molar-refractivity contribution in [3.8, 4) is 11.3 Å². The van der Waals surface area contributed by atoms with Crippen LogP contribution < -0.4 is 5.32 Å². The van der Waals surface area contributed by atoms with Crippen LogP contribution in [-0.2, 0) is 11.2 Å². The third-order valence-electron chi connectivity index (χ3n) is 4.35. The van der Waals surface area contributed by atoms with Gasteiger partial charge in [0.05, 0.1) is 26.2 Å². The first-order valence-corrected chi connectivity index (χ1v) is 10.5. The topological polar surface area (TPSA) is 54.6 Å². The highest BCUT2D eigenvalue weighted by Crippen LogP contribution is 2.36. The smallest absolute Gasteiger partial charge is 0.264 e. The highest BCUT2D eigenvalue weighted by Gasteiger charge is 2.24. The Labute approximate surface area is 182 Å². The predicted molar refractivity (Wildman–Crippen MR) is 121 cm³/mol. The van der Waals surface area contributed by atoms with Gasteiger partial charge >= 0.3 is 0 Å². The molecule has 4 nitrogen and oxygen atoms in total. The van der Waals surface area contributed by atoms with E-state index in [1.54, 1.807) is 36.4 Å². The first kappa shape index (κ1) is 19.8. The Hall–Kier alpha value is -2.47. The van der Waals surface area contributed by atoms with Crippen molar-refractivity contribution in [2.75, 3.05) is 0 Å². The fraction of sp³-hybridized carbons (Fsp3) is 0.0909. The van der Waals surface area contributed by atoms with E-state index in [1.165, 1.54) is 11.8 Å². The van der Waals surface area contributed by atoms with Crippen molar-refractivity contribution in [2.45, 2.75) is 13.3 Å². The van der Waals surface area contributed by atoms with Crippen LogP contribution in [0.1, 0.15) is 18.2 Å². The fourth-order valence-electron chi connectivity index (χ4n) is 2.94. The summed E-state index contributed by atoms with van der Waals surface area (Å²) in [6.07, 6.45) is 2.55. The molecule has 29 heavy (non-hydrogen) atoms. The Morgan fingerprint density at radius 2 is 1.83 bits per heavy atom. The molecule has 1 aliphatic rings. The number of amidine groups is 1. The van der Waals surface area contributed by atoms with Crippen molar-refractivity contribution in [1.82, 2.24) is 5.32 Å². The molecule has 4 rings (SSSR count). The molecule has 3 aromatic rings. The van der Waals surface area contributed by atoms with E-state index in [1.807, 2.05) is 24.3 Å². The number of carbonyl (C=O) groups is 1. The minimum atomic E-state index is -0.212. The van der Waals surface area contributed by atoms with E-state index in [9.17, 15) is 4.79 Å². The zero-order valence-electron chi connectivity index (χ0n) is 15.4. The van der Waals surface area contributed by atoms with Gasteiger partial charge in [-0.3, -0.25) is 4.79 Å². The highest BCUT2D eigenvalue weighted by molar-refractivity contribution is 8.18. The summed E-state index contributed by atoms with van der Waals surface area (Å²) in [6, 6.07) is 16.7. The largest absolute Gasteiger partial charge is 0.457 e. The van der Waals surface area contributed by atoms with Crippen LogP contribution in [0.3, 0.4) is 0 Å². The Kier molecular flexibility index (Phi) is 5.81. The first-order chi connectivity index (χ1) is 14.0. The average Bonchev–Trinajstić information content (AvgIpc) is 3.29. The molecule has 0 aliphatic carbocycles. The number of nitrogens with zero attached hydrogens (tertiary/aromatic N) is 1. The van der Waals surface area contributed by atoms with Crippen molar-refractivity contribution in [3.05, 3.63) is 80.9 Å². The number of nitrogens with one attached hydrogen (secondary N) is 1. The molecule has 7 heteroatoms. The second-order valence-corrected chi connectivity index (χ2v) is 8.11. The maximum Gasteiger partial charge on any atom is 0.264 e. The van der Waals surface area contributed by atoms with Gasteiger partial charge in [-0.2, -0.15) is 0 Å². The van der Waals surface area contributed by atoms with E-state index in [2.05, 4.69) is 17.2 Å². The van der Waals surface area contributed by atoms with Gasteiger partial charge in [0.25, 0.3) is 5.91 Å². The van der Waals surface area contributed by atoms with Crippen molar-refractivity contribution >= 4 is 57.8 Å². The van der Waals surface area contributed by atoms with Crippen LogP contribution in [-0.4, -0.2) is 11.1 Å². The minimum absolute atomic E-state index is 0.212. The summed E-state index contributed by atoms with van der Waals surface area (Å²) in [6.45, 7) is 2.07. The molecule has 1 saturated heterocycles. The number of furan rings is 1. The summed E-state index contributed by atoms with van der Waals surface area (Å²) < 4.78 is 5.85. The zero-order chi connectivity index (χ0) is 20.4. The Balaban J connectivity index is 1.59. The number of rotatable bonds is 4. The van der Waals surface area contributed by atoms with E-state index < -0.39 is 0 Å². The minimum Gasteiger partial charge on any atom is -0.457 e. The van der Waals surface area contributed by atoms with E-state index in [0.717, 1.165) is 17.7 Å². The lowest BCUT2D eigenvalue weighted by atomic mass is 10.1. The van der Waals surface area contributed by atoms with Gasteiger partial charge in [0, 0.05) is 6.08 Å². The van der Waals surface area contributed by atoms with Crippen LogP contribution in [0.5, 0.6) is 0 Å². The second-order valence-electron chi connectivity index (χ2n) is 6.26. The second kappa shape index (κ2) is 8.49. The van der Waals surface area contributed by atoms with Gasteiger partial charge in [-0.1, -0.05) is 54.4 Å². The number of aliphatic imine (C=N–C) groups is 1. The molecule has 2 heterocycles. The fourth-order valence-corrected chi connectivity index (χ4v) is 4.33. The maximum atomic E-state index is 12.4. The lowest BCUT2D eigenvalue weighted by Crippen LogP contribution is -2.19. The maximum absolute atomic E-state index is 12.4. The van der Waals surface area contributed by atoms with Crippen LogP contribution in [0.25, 0.3) is 17.4 Å². The Morgan fingerprint density at radius 3 is 2.59 bits per heavy atom. The van der Waals surface area contributed by atoms with E-state index in [4.69, 9.17) is 27.6 Å². The van der Waals surface area contributed by atoms with Crippen LogP contribution in [0.2, 0.25) is 10.0 Å². The number of hydrogen-bond acceptors (Lipinski definition) is 4. The molecule has 1 fully saturated rings. The van der Waals surface area contributed by atoms with Crippen LogP contribution in [0.4, 0.5) is 5.69 Å². The summed E-state index contributed by atoms with van der Waals surface area (Å²) in [5.41, 5.74) is 2.61. The molecular weight excluding hydrogens is 427 g/mol. The molecule has 146 valence electrons. The molecule has 1 N–H and O–H groups in total.